The summed E-state index contributed by atoms with van der Waals surface area (Å²) in [6.07, 6.45) is 2.68. The van der Waals surface area contributed by atoms with Crippen molar-refractivity contribution in [1.29, 1.82) is 0 Å². The fourth-order valence-corrected chi connectivity index (χ4v) is 2.98. The smallest absolute Gasteiger partial charge is 0.0484 e. The number of benzene rings is 2. The van der Waals surface area contributed by atoms with Crippen LogP contribution in [0, 0.1) is 0 Å². The standard InChI is InChI=1S/C17H18ClN/c18-17-9-2-1-8-16(17)15-7-5-6-14(12-15)13-19-10-3-4-11-19/h1-2,5-9,12H,3-4,10-11,13H2. The summed E-state index contributed by atoms with van der Waals surface area (Å²) in [6.45, 7) is 3.52. The first-order chi connectivity index (χ1) is 9.33. The zero-order chi connectivity index (χ0) is 13.1. The quantitative estimate of drug-likeness (QED) is 0.788. The van der Waals surface area contributed by atoms with Crippen LogP contribution >= 0.6 is 11.6 Å². The number of hydrogen-bond donors (Lipinski definition) is 0. The maximum Gasteiger partial charge on any atom is 0.0484 e. The van der Waals surface area contributed by atoms with Crippen molar-refractivity contribution in [3.05, 3.63) is 59.1 Å². The van der Waals surface area contributed by atoms with Crippen molar-refractivity contribution < 1.29 is 0 Å². The molecule has 2 heteroatoms. The summed E-state index contributed by atoms with van der Waals surface area (Å²) in [4.78, 5) is 2.52. The SMILES string of the molecule is Clc1ccccc1-c1cccc(CN2CCCC2)c1. The van der Waals surface area contributed by atoms with E-state index in [0.717, 1.165) is 17.1 Å². The fraction of sp³-hybridized carbons (Fsp3) is 0.294. The number of rotatable bonds is 3. The van der Waals surface area contributed by atoms with Crippen LogP contribution in [0.5, 0.6) is 0 Å². The van der Waals surface area contributed by atoms with Crippen LogP contribution in [0.15, 0.2) is 48.5 Å². The Hall–Kier alpha value is -1.31. The summed E-state index contributed by atoms with van der Waals surface area (Å²) in [7, 11) is 0. The van der Waals surface area contributed by atoms with E-state index >= 15 is 0 Å². The van der Waals surface area contributed by atoms with Crippen molar-refractivity contribution in [2.45, 2.75) is 19.4 Å². The third kappa shape index (κ3) is 2.99. The van der Waals surface area contributed by atoms with Gasteiger partial charge in [-0.15, -0.1) is 0 Å². The summed E-state index contributed by atoms with van der Waals surface area (Å²) in [5, 5.41) is 0.820. The molecule has 1 nitrogen and oxygen atoms in total. The molecule has 2 aromatic rings. The molecule has 2 aromatic carbocycles. The second-order valence-electron chi connectivity index (χ2n) is 5.16. The Morgan fingerprint density at radius 3 is 2.53 bits per heavy atom. The molecule has 0 radical (unpaired) electrons. The van der Waals surface area contributed by atoms with Crippen molar-refractivity contribution in [3.8, 4) is 11.1 Å². The van der Waals surface area contributed by atoms with Crippen molar-refractivity contribution in [2.75, 3.05) is 13.1 Å². The van der Waals surface area contributed by atoms with Gasteiger partial charge in [0.25, 0.3) is 0 Å². The monoisotopic (exact) mass is 271 g/mol. The van der Waals surface area contributed by atoms with Gasteiger partial charge in [-0.05, 0) is 49.2 Å². The normalized spacial score (nSPS) is 15.8. The average Bonchev–Trinajstić information content (AvgIpc) is 2.92. The molecule has 1 fully saturated rings. The second-order valence-corrected chi connectivity index (χ2v) is 5.57. The lowest BCUT2D eigenvalue weighted by molar-refractivity contribution is 0.331. The third-order valence-electron chi connectivity index (χ3n) is 3.72. The summed E-state index contributed by atoms with van der Waals surface area (Å²) in [5.41, 5.74) is 3.70. The van der Waals surface area contributed by atoms with Crippen LogP contribution in [-0.2, 0) is 6.54 Å². The van der Waals surface area contributed by atoms with Crippen molar-refractivity contribution in [2.24, 2.45) is 0 Å². The van der Waals surface area contributed by atoms with Gasteiger partial charge in [-0.25, -0.2) is 0 Å². The zero-order valence-electron chi connectivity index (χ0n) is 11.0. The summed E-state index contributed by atoms with van der Waals surface area (Å²) < 4.78 is 0. The summed E-state index contributed by atoms with van der Waals surface area (Å²) in [5.74, 6) is 0. The highest BCUT2D eigenvalue weighted by Crippen LogP contribution is 2.28. The molecular weight excluding hydrogens is 254 g/mol. The van der Waals surface area contributed by atoms with Crippen LogP contribution in [0.3, 0.4) is 0 Å². The molecule has 1 saturated heterocycles. The first kappa shape index (κ1) is 12.7. The van der Waals surface area contributed by atoms with E-state index in [1.165, 1.54) is 37.1 Å². The van der Waals surface area contributed by atoms with E-state index in [1.807, 2.05) is 18.2 Å². The minimum atomic E-state index is 0.820. The van der Waals surface area contributed by atoms with Crippen LogP contribution in [0.25, 0.3) is 11.1 Å². The maximum atomic E-state index is 6.27. The summed E-state index contributed by atoms with van der Waals surface area (Å²) in [6, 6.07) is 16.8. The Morgan fingerprint density at radius 2 is 1.74 bits per heavy atom. The van der Waals surface area contributed by atoms with Crippen LogP contribution < -0.4 is 0 Å². The highest BCUT2D eigenvalue weighted by atomic mass is 35.5. The predicted molar refractivity (Wildman–Crippen MR) is 81.4 cm³/mol. The van der Waals surface area contributed by atoms with Gasteiger partial charge in [-0.1, -0.05) is 48.0 Å². The van der Waals surface area contributed by atoms with Gasteiger partial charge in [0.15, 0.2) is 0 Å². The van der Waals surface area contributed by atoms with Gasteiger partial charge in [0, 0.05) is 17.1 Å². The first-order valence-corrected chi connectivity index (χ1v) is 7.27. The van der Waals surface area contributed by atoms with Crippen molar-refractivity contribution in [1.82, 2.24) is 4.90 Å². The first-order valence-electron chi connectivity index (χ1n) is 6.89. The highest BCUT2D eigenvalue weighted by molar-refractivity contribution is 6.33. The topological polar surface area (TPSA) is 3.24 Å². The third-order valence-corrected chi connectivity index (χ3v) is 4.05. The molecule has 0 aromatic heterocycles. The van der Waals surface area contributed by atoms with E-state index in [-0.39, 0.29) is 0 Å². The van der Waals surface area contributed by atoms with Gasteiger partial charge in [0.1, 0.15) is 0 Å². The molecule has 0 spiro atoms. The van der Waals surface area contributed by atoms with Crippen LogP contribution in [0.1, 0.15) is 18.4 Å². The lowest BCUT2D eigenvalue weighted by atomic mass is 10.0. The highest BCUT2D eigenvalue weighted by Gasteiger charge is 2.12. The van der Waals surface area contributed by atoms with Gasteiger partial charge in [0.05, 0.1) is 0 Å². The van der Waals surface area contributed by atoms with Crippen molar-refractivity contribution >= 4 is 11.6 Å². The number of likely N-dealkylation sites (tertiary alicyclic amines) is 1. The van der Waals surface area contributed by atoms with Gasteiger partial charge in [0.2, 0.25) is 0 Å². The molecule has 1 heterocycles. The maximum absolute atomic E-state index is 6.27. The van der Waals surface area contributed by atoms with Gasteiger partial charge in [-0.3, -0.25) is 4.90 Å². The lowest BCUT2D eigenvalue weighted by Gasteiger charge is -2.15. The number of halogens is 1. The largest absolute Gasteiger partial charge is 0.299 e. The average molecular weight is 272 g/mol. The molecule has 1 aliphatic heterocycles. The predicted octanol–water partition coefficient (Wildman–Crippen LogP) is 4.60. The Kier molecular flexibility index (Phi) is 3.86. The van der Waals surface area contributed by atoms with Crippen LogP contribution in [0.4, 0.5) is 0 Å². The molecule has 0 saturated carbocycles. The molecule has 0 unspecified atom stereocenters. The molecule has 0 amide bonds. The molecule has 0 atom stereocenters. The molecule has 0 N–H and O–H groups in total. The van der Waals surface area contributed by atoms with Gasteiger partial charge < -0.3 is 0 Å². The van der Waals surface area contributed by atoms with Gasteiger partial charge in [-0.2, -0.15) is 0 Å². The second kappa shape index (κ2) is 5.77. The summed E-state index contributed by atoms with van der Waals surface area (Å²) >= 11 is 6.27. The molecule has 1 aliphatic rings. The van der Waals surface area contributed by atoms with E-state index in [0.29, 0.717) is 0 Å². The zero-order valence-corrected chi connectivity index (χ0v) is 11.7. The minimum absolute atomic E-state index is 0.820. The number of nitrogens with zero attached hydrogens (tertiary/aromatic N) is 1. The Balaban J connectivity index is 1.85. The van der Waals surface area contributed by atoms with E-state index in [9.17, 15) is 0 Å². The molecular formula is C17H18ClN. The van der Waals surface area contributed by atoms with Crippen LogP contribution in [0.2, 0.25) is 5.02 Å². The Labute approximate surface area is 119 Å². The Bertz CT molecular complexity index is 559. The molecule has 0 bridgehead atoms. The molecule has 19 heavy (non-hydrogen) atoms. The number of hydrogen-bond acceptors (Lipinski definition) is 1. The lowest BCUT2D eigenvalue weighted by Crippen LogP contribution is -2.18. The van der Waals surface area contributed by atoms with Crippen LogP contribution in [-0.4, -0.2) is 18.0 Å². The van der Waals surface area contributed by atoms with Crippen molar-refractivity contribution in [3.63, 3.8) is 0 Å². The Morgan fingerprint density at radius 1 is 0.947 bits per heavy atom. The van der Waals surface area contributed by atoms with E-state index in [4.69, 9.17) is 11.6 Å². The molecule has 3 rings (SSSR count). The van der Waals surface area contributed by atoms with E-state index in [1.54, 1.807) is 0 Å². The van der Waals surface area contributed by atoms with E-state index < -0.39 is 0 Å². The fourth-order valence-electron chi connectivity index (χ4n) is 2.73. The molecule has 0 aliphatic carbocycles. The van der Waals surface area contributed by atoms with Gasteiger partial charge >= 0.3 is 0 Å². The molecule has 98 valence electrons. The van der Waals surface area contributed by atoms with E-state index in [2.05, 4.69) is 35.2 Å². The minimum Gasteiger partial charge on any atom is -0.299 e.